The number of hydrogen-bond donors (Lipinski definition) is 2. The quantitative estimate of drug-likeness (QED) is 0.674. The van der Waals surface area contributed by atoms with Crippen LogP contribution in [0.2, 0.25) is 15.1 Å². The van der Waals surface area contributed by atoms with Crippen molar-refractivity contribution in [2.75, 3.05) is 5.43 Å². The third-order valence-electron chi connectivity index (χ3n) is 3.24. The number of fused-ring (bicyclic) bond motifs is 1. The molecule has 0 radical (unpaired) electrons. The number of hydrogen-bond acceptors (Lipinski definition) is 3. The number of amides is 1. The van der Waals surface area contributed by atoms with E-state index < -0.39 is 5.91 Å². The molecule has 8 heteroatoms. The lowest BCUT2D eigenvalue weighted by atomic mass is 10.3. The van der Waals surface area contributed by atoms with Crippen molar-refractivity contribution in [2.45, 2.75) is 6.92 Å². The second kappa shape index (κ2) is 6.28. The Morgan fingerprint density at radius 1 is 1.17 bits per heavy atom. The molecule has 1 amide bonds. The van der Waals surface area contributed by atoms with E-state index in [4.69, 9.17) is 34.8 Å². The molecule has 1 aromatic carbocycles. The number of nitrogens with one attached hydrogen (secondary N) is 2. The summed E-state index contributed by atoms with van der Waals surface area (Å²) in [6.45, 7) is 1.93. The van der Waals surface area contributed by atoms with Crippen molar-refractivity contribution in [3.05, 3.63) is 63.0 Å². The van der Waals surface area contributed by atoms with Gasteiger partial charge in [-0.05, 0) is 31.2 Å². The monoisotopic (exact) mass is 368 g/mol. The predicted octanol–water partition coefficient (Wildman–Crippen LogP) is 4.36. The van der Waals surface area contributed by atoms with Crippen LogP contribution in [0, 0.1) is 6.92 Å². The fourth-order valence-corrected chi connectivity index (χ4v) is 3.01. The van der Waals surface area contributed by atoms with E-state index in [2.05, 4.69) is 15.8 Å². The summed E-state index contributed by atoms with van der Waals surface area (Å²) in [5.74, 6) is -0.407. The van der Waals surface area contributed by atoms with Crippen molar-refractivity contribution < 1.29 is 4.79 Å². The van der Waals surface area contributed by atoms with Gasteiger partial charge in [0.2, 0.25) is 0 Å². The number of aryl methyl sites for hydroxylation is 1. The van der Waals surface area contributed by atoms with E-state index in [1.807, 2.05) is 29.5 Å². The lowest BCUT2D eigenvalue weighted by Crippen LogP contribution is -2.29. The number of halogens is 3. The molecule has 0 saturated heterocycles. The Kier molecular flexibility index (Phi) is 4.35. The molecule has 0 spiro atoms. The molecule has 0 bridgehead atoms. The number of nitrogens with zero attached hydrogens (tertiary/aromatic N) is 2. The van der Waals surface area contributed by atoms with E-state index in [0.29, 0.717) is 26.4 Å². The summed E-state index contributed by atoms with van der Waals surface area (Å²) in [6, 6.07) is 8.69. The van der Waals surface area contributed by atoms with Gasteiger partial charge in [-0.2, -0.15) is 0 Å². The average Bonchev–Trinajstić information content (AvgIpc) is 2.91. The highest BCUT2D eigenvalue weighted by Gasteiger charge is 2.13. The molecule has 2 N–H and O–H groups in total. The Morgan fingerprint density at radius 2 is 1.87 bits per heavy atom. The van der Waals surface area contributed by atoms with E-state index in [1.165, 1.54) is 12.1 Å². The van der Waals surface area contributed by atoms with Gasteiger partial charge >= 0.3 is 0 Å². The number of rotatable bonds is 3. The molecular weight excluding hydrogens is 359 g/mol. The maximum atomic E-state index is 12.2. The van der Waals surface area contributed by atoms with Crippen LogP contribution in [-0.4, -0.2) is 15.3 Å². The maximum Gasteiger partial charge on any atom is 0.289 e. The topological polar surface area (TPSA) is 58.4 Å². The summed E-state index contributed by atoms with van der Waals surface area (Å²) in [5, 5.41) is 1.01. The molecule has 0 aliphatic rings. The molecule has 0 saturated carbocycles. The number of aromatic nitrogens is 2. The van der Waals surface area contributed by atoms with Gasteiger partial charge in [0.05, 0.1) is 15.7 Å². The molecule has 0 atom stereocenters. The largest absolute Gasteiger partial charge is 0.304 e. The SMILES string of the molecule is Cc1cccc2nc(C(=O)NNc3c(Cl)cc(Cl)cc3Cl)cn12. The molecule has 3 aromatic rings. The molecule has 2 aromatic heterocycles. The van der Waals surface area contributed by atoms with Gasteiger partial charge in [0.1, 0.15) is 11.3 Å². The third-order valence-corrected chi connectivity index (χ3v) is 4.05. The molecule has 0 unspecified atom stereocenters. The maximum absolute atomic E-state index is 12.2. The fourth-order valence-electron chi connectivity index (χ4n) is 2.10. The second-order valence-electron chi connectivity index (χ2n) is 4.85. The minimum atomic E-state index is -0.407. The number of imidazole rings is 1. The van der Waals surface area contributed by atoms with Crippen LogP contribution in [0.15, 0.2) is 36.5 Å². The minimum absolute atomic E-state index is 0.271. The molecule has 0 aliphatic carbocycles. The van der Waals surface area contributed by atoms with E-state index in [9.17, 15) is 4.79 Å². The van der Waals surface area contributed by atoms with Crippen molar-refractivity contribution in [3.63, 3.8) is 0 Å². The highest BCUT2D eigenvalue weighted by atomic mass is 35.5. The average molecular weight is 370 g/mol. The van der Waals surface area contributed by atoms with Crippen molar-refractivity contribution in [2.24, 2.45) is 0 Å². The van der Waals surface area contributed by atoms with Crippen LogP contribution in [0.1, 0.15) is 16.2 Å². The highest BCUT2D eigenvalue weighted by molar-refractivity contribution is 6.41. The molecule has 3 rings (SSSR count). The van der Waals surface area contributed by atoms with E-state index >= 15 is 0 Å². The summed E-state index contributed by atoms with van der Waals surface area (Å²) in [4.78, 5) is 16.5. The Labute approximate surface area is 147 Å². The van der Waals surface area contributed by atoms with Gasteiger partial charge in [0.15, 0.2) is 0 Å². The summed E-state index contributed by atoms with van der Waals surface area (Å²) >= 11 is 17.9. The van der Waals surface area contributed by atoms with Crippen LogP contribution < -0.4 is 10.9 Å². The van der Waals surface area contributed by atoms with Gasteiger partial charge in [0.25, 0.3) is 5.91 Å². The number of pyridine rings is 1. The minimum Gasteiger partial charge on any atom is -0.304 e. The van der Waals surface area contributed by atoms with Gasteiger partial charge in [0, 0.05) is 16.9 Å². The highest BCUT2D eigenvalue weighted by Crippen LogP contribution is 2.33. The first-order valence-corrected chi connectivity index (χ1v) is 7.74. The number of benzene rings is 1. The number of carbonyl (C=O) groups excluding carboxylic acids is 1. The summed E-state index contributed by atoms with van der Waals surface area (Å²) in [6.07, 6.45) is 1.66. The van der Waals surface area contributed by atoms with E-state index in [-0.39, 0.29) is 5.69 Å². The van der Waals surface area contributed by atoms with E-state index in [0.717, 1.165) is 5.69 Å². The van der Waals surface area contributed by atoms with Crippen molar-refractivity contribution in [3.8, 4) is 0 Å². The first-order valence-electron chi connectivity index (χ1n) is 6.61. The standard InChI is InChI=1S/C15H11Cl3N4O/c1-8-3-2-4-13-19-12(7-22(8)13)15(23)21-20-14-10(17)5-9(16)6-11(14)18/h2-7,20H,1H3,(H,21,23). The summed E-state index contributed by atoms with van der Waals surface area (Å²) in [5.41, 5.74) is 7.52. The first-order chi connectivity index (χ1) is 11.0. The third kappa shape index (κ3) is 3.22. The second-order valence-corrected chi connectivity index (χ2v) is 6.10. The Balaban J connectivity index is 1.80. The van der Waals surface area contributed by atoms with Gasteiger partial charge in [-0.3, -0.25) is 15.6 Å². The Bertz CT molecular complexity index is 884. The lowest BCUT2D eigenvalue weighted by molar-refractivity contribution is 0.0958. The summed E-state index contributed by atoms with van der Waals surface area (Å²) < 4.78 is 1.83. The van der Waals surface area contributed by atoms with Crippen molar-refractivity contribution in [1.82, 2.24) is 14.8 Å². The predicted molar refractivity (Wildman–Crippen MR) is 92.5 cm³/mol. The van der Waals surface area contributed by atoms with Gasteiger partial charge in [-0.15, -0.1) is 0 Å². The Hall–Kier alpha value is -1.95. The van der Waals surface area contributed by atoms with Crippen LogP contribution >= 0.6 is 34.8 Å². The number of carbonyl (C=O) groups is 1. The molecule has 0 fully saturated rings. The smallest absolute Gasteiger partial charge is 0.289 e. The molecule has 0 aliphatic heterocycles. The van der Waals surface area contributed by atoms with Crippen molar-refractivity contribution >= 4 is 52.0 Å². The van der Waals surface area contributed by atoms with Crippen LogP contribution in [0.5, 0.6) is 0 Å². The number of hydrazine groups is 1. The number of anilines is 1. The normalized spacial score (nSPS) is 10.8. The molecule has 2 heterocycles. The van der Waals surface area contributed by atoms with Crippen LogP contribution in [0.25, 0.3) is 5.65 Å². The van der Waals surface area contributed by atoms with Crippen LogP contribution in [0.4, 0.5) is 5.69 Å². The van der Waals surface area contributed by atoms with Gasteiger partial charge in [-0.1, -0.05) is 40.9 Å². The first kappa shape index (κ1) is 15.9. The molecule has 5 nitrogen and oxygen atoms in total. The molecule has 23 heavy (non-hydrogen) atoms. The Morgan fingerprint density at radius 3 is 2.52 bits per heavy atom. The zero-order valence-corrected chi connectivity index (χ0v) is 14.2. The summed E-state index contributed by atoms with van der Waals surface area (Å²) in [7, 11) is 0. The zero-order valence-electron chi connectivity index (χ0n) is 11.9. The van der Waals surface area contributed by atoms with Crippen LogP contribution in [-0.2, 0) is 0 Å². The molecular formula is C15H11Cl3N4O. The zero-order chi connectivity index (χ0) is 16.6. The van der Waals surface area contributed by atoms with Crippen LogP contribution in [0.3, 0.4) is 0 Å². The van der Waals surface area contributed by atoms with Gasteiger partial charge < -0.3 is 4.40 Å². The molecule has 118 valence electrons. The van der Waals surface area contributed by atoms with Gasteiger partial charge in [-0.25, -0.2) is 4.98 Å². The van der Waals surface area contributed by atoms with E-state index in [1.54, 1.807) is 6.20 Å². The lowest BCUT2D eigenvalue weighted by Gasteiger charge is -2.11. The van der Waals surface area contributed by atoms with Crippen molar-refractivity contribution in [1.29, 1.82) is 0 Å². The fraction of sp³-hybridized carbons (Fsp3) is 0.0667.